The van der Waals surface area contributed by atoms with E-state index >= 15 is 0 Å². The fourth-order valence-corrected chi connectivity index (χ4v) is 2.84. The fraction of sp³-hybridized carbons (Fsp3) is 1.00. The normalized spacial score (nSPS) is 15.9. The molecule has 0 saturated heterocycles. The number of hydrogen-bond donors (Lipinski definition) is 1. The first-order valence-electron chi connectivity index (χ1n) is 3.38. The van der Waals surface area contributed by atoms with E-state index in [1.807, 2.05) is 4.72 Å². The van der Waals surface area contributed by atoms with E-state index in [1.165, 1.54) is 13.8 Å². The van der Waals surface area contributed by atoms with Crippen LogP contribution in [-0.4, -0.2) is 34.2 Å². The fourth-order valence-electron chi connectivity index (χ4n) is 0.625. The van der Waals surface area contributed by atoms with Gasteiger partial charge in [0.25, 0.3) is 0 Å². The summed E-state index contributed by atoms with van der Waals surface area (Å²) < 4.78 is 45.4. The maximum absolute atomic E-state index is 11.1. The minimum Gasteiger partial charge on any atom is -0.227 e. The van der Waals surface area contributed by atoms with Crippen LogP contribution in [0.3, 0.4) is 0 Å². The average molecular weight is 215 g/mol. The van der Waals surface area contributed by atoms with Crippen molar-refractivity contribution in [3.8, 4) is 0 Å². The van der Waals surface area contributed by atoms with Crippen LogP contribution in [0.4, 0.5) is 0 Å². The van der Waals surface area contributed by atoms with Crippen LogP contribution in [0.15, 0.2) is 0 Å². The molecule has 0 saturated carbocycles. The van der Waals surface area contributed by atoms with Crippen molar-refractivity contribution in [2.24, 2.45) is 0 Å². The first-order chi connectivity index (χ1) is 5.19. The maximum atomic E-state index is 11.1. The van der Waals surface area contributed by atoms with Gasteiger partial charge in [0.2, 0.25) is 10.0 Å². The molecule has 0 heterocycles. The number of nitrogens with one attached hydrogen (secondary N) is 1. The molecule has 12 heavy (non-hydrogen) atoms. The molecule has 5 nitrogen and oxygen atoms in total. The number of rotatable bonds is 4. The van der Waals surface area contributed by atoms with Crippen LogP contribution in [0.25, 0.3) is 0 Å². The molecule has 0 bridgehead atoms. The Balaban J connectivity index is 4.56. The quantitative estimate of drug-likeness (QED) is 0.673. The predicted octanol–water partition coefficient (Wildman–Crippen LogP) is -0.684. The SMILES string of the molecule is CCS(=O)(=O)C(C)NS(C)(=O)=O. The molecule has 0 aromatic carbocycles. The Morgan fingerprint density at radius 3 is 1.92 bits per heavy atom. The van der Waals surface area contributed by atoms with Gasteiger partial charge in [0.05, 0.1) is 6.26 Å². The molecule has 0 radical (unpaired) electrons. The van der Waals surface area contributed by atoms with Gasteiger partial charge in [0, 0.05) is 5.75 Å². The predicted molar refractivity (Wildman–Crippen MR) is 46.9 cm³/mol. The highest BCUT2D eigenvalue weighted by Gasteiger charge is 2.21. The monoisotopic (exact) mass is 215 g/mol. The van der Waals surface area contributed by atoms with Gasteiger partial charge in [0.1, 0.15) is 5.37 Å². The van der Waals surface area contributed by atoms with Crippen molar-refractivity contribution in [3.63, 3.8) is 0 Å². The van der Waals surface area contributed by atoms with Gasteiger partial charge in [-0.05, 0) is 6.92 Å². The van der Waals surface area contributed by atoms with Crippen LogP contribution in [0.5, 0.6) is 0 Å². The van der Waals surface area contributed by atoms with Crippen LogP contribution in [0.2, 0.25) is 0 Å². The lowest BCUT2D eigenvalue weighted by Gasteiger charge is -2.10. The van der Waals surface area contributed by atoms with E-state index in [4.69, 9.17) is 0 Å². The number of hydrogen-bond acceptors (Lipinski definition) is 4. The lowest BCUT2D eigenvalue weighted by atomic mass is 10.8. The number of sulfone groups is 1. The summed E-state index contributed by atoms with van der Waals surface area (Å²) in [6.45, 7) is 2.77. The second kappa shape index (κ2) is 3.71. The summed E-state index contributed by atoms with van der Waals surface area (Å²) in [5.74, 6) is -0.0727. The largest absolute Gasteiger partial charge is 0.227 e. The van der Waals surface area contributed by atoms with Crippen molar-refractivity contribution in [3.05, 3.63) is 0 Å². The third-order valence-electron chi connectivity index (χ3n) is 1.32. The van der Waals surface area contributed by atoms with E-state index in [2.05, 4.69) is 0 Å². The van der Waals surface area contributed by atoms with Crippen molar-refractivity contribution < 1.29 is 16.8 Å². The van der Waals surface area contributed by atoms with E-state index in [0.29, 0.717) is 0 Å². The molecule has 1 N–H and O–H groups in total. The lowest BCUT2D eigenvalue weighted by molar-refractivity contribution is 0.564. The zero-order chi connectivity index (χ0) is 9.99. The van der Waals surface area contributed by atoms with Gasteiger partial charge in [-0.1, -0.05) is 6.92 Å². The van der Waals surface area contributed by atoms with Gasteiger partial charge in [0.15, 0.2) is 9.84 Å². The summed E-state index contributed by atoms with van der Waals surface area (Å²) in [5.41, 5.74) is 0. The second-order valence-electron chi connectivity index (χ2n) is 2.48. The molecule has 0 amide bonds. The Hall–Kier alpha value is -0.140. The average Bonchev–Trinajstić information content (AvgIpc) is 1.84. The first-order valence-corrected chi connectivity index (χ1v) is 6.98. The Bertz CT molecular complexity index is 328. The summed E-state index contributed by atoms with van der Waals surface area (Å²) >= 11 is 0. The third-order valence-corrected chi connectivity index (χ3v) is 4.25. The molecule has 0 fully saturated rings. The van der Waals surface area contributed by atoms with Crippen LogP contribution in [0, 0.1) is 0 Å². The van der Waals surface area contributed by atoms with E-state index in [-0.39, 0.29) is 5.75 Å². The Labute approximate surface area is 73.1 Å². The van der Waals surface area contributed by atoms with Crippen molar-refractivity contribution in [1.82, 2.24) is 4.72 Å². The lowest BCUT2D eigenvalue weighted by Crippen LogP contribution is -2.38. The molecule has 0 rings (SSSR count). The van der Waals surface area contributed by atoms with Gasteiger partial charge in [-0.15, -0.1) is 0 Å². The van der Waals surface area contributed by atoms with Crippen molar-refractivity contribution >= 4 is 19.9 Å². The summed E-state index contributed by atoms with van der Waals surface area (Å²) in [6, 6.07) is 0. The molecule has 0 aromatic heterocycles. The summed E-state index contributed by atoms with van der Waals surface area (Å²) in [6.07, 6.45) is 0.925. The molecular weight excluding hydrogens is 202 g/mol. The van der Waals surface area contributed by atoms with Gasteiger partial charge in [-0.2, -0.15) is 4.72 Å². The minimum absolute atomic E-state index is 0.0727. The van der Waals surface area contributed by atoms with Crippen LogP contribution in [0.1, 0.15) is 13.8 Å². The molecular formula is C5H13NO4S2. The van der Waals surface area contributed by atoms with Gasteiger partial charge >= 0.3 is 0 Å². The van der Waals surface area contributed by atoms with Crippen LogP contribution >= 0.6 is 0 Å². The molecule has 1 atom stereocenters. The topological polar surface area (TPSA) is 80.3 Å². The van der Waals surface area contributed by atoms with Crippen LogP contribution < -0.4 is 4.72 Å². The highest BCUT2D eigenvalue weighted by Crippen LogP contribution is 1.98. The number of sulfonamides is 1. The summed E-state index contributed by atoms with van der Waals surface area (Å²) in [4.78, 5) is 0. The molecule has 0 spiro atoms. The van der Waals surface area contributed by atoms with E-state index in [9.17, 15) is 16.8 Å². The first kappa shape index (κ1) is 11.9. The minimum atomic E-state index is -3.45. The maximum Gasteiger partial charge on any atom is 0.209 e. The van der Waals surface area contributed by atoms with Crippen molar-refractivity contribution in [2.45, 2.75) is 19.2 Å². The molecule has 0 aliphatic carbocycles. The van der Waals surface area contributed by atoms with E-state index < -0.39 is 25.2 Å². The molecule has 0 aromatic rings. The zero-order valence-corrected chi connectivity index (χ0v) is 8.87. The highest BCUT2D eigenvalue weighted by atomic mass is 32.2. The van der Waals surface area contributed by atoms with Crippen molar-refractivity contribution in [1.29, 1.82) is 0 Å². The van der Waals surface area contributed by atoms with Crippen molar-refractivity contribution in [2.75, 3.05) is 12.0 Å². The molecule has 74 valence electrons. The molecule has 0 aliphatic rings. The second-order valence-corrected chi connectivity index (χ2v) is 6.87. The van der Waals surface area contributed by atoms with Gasteiger partial charge in [-0.25, -0.2) is 16.8 Å². The smallest absolute Gasteiger partial charge is 0.209 e. The standard InChI is InChI=1S/C5H13NO4S2/c1-4-12(9,10)5(2)6-11(3,7)8/h5-6H,4H2,1-3H3. The molecule has 0 aliphatic heterocycles. The summed E-state index contributed by atoms with van der Waals surface area (Å²) in [5, 5.41) is -1.04. The van der Waals surface area contributed by atoms with E-state index in [0.717, 1.165) is 6.26 Å². The van der Waals surface area contributed by atoms with Gasteiger partial charge < -0.3 is 0 Å². The van der Waals surface area contributed by atoms with E-state index in [1.54, 1.807) is 0 Å². The molecule has 7 heteroatoms. The molecule has 1 unspecified atom stereocenters. The van der Waals surface area contributed by atoms with Gasteiger partial charge in [-0.3, -0.25) is 0 Å². The van der Waals surface area contributed by atoms with Crippen LogP contribution in [-0.2, 0) is 19.9 Å². The highest BCUT2D eigenvalue weighted by molar-refractivity contribution is 7.94. The third kappa shape index (κ3) is 4.03. The Kier molecular flexibility index (Phi) is 3.67. The zero-order valence-electron chi connectivity index (χ0n) is 7.23. The Morgan fingerprint density at radius 2 is 1.67 bits per heavy atom. The summed E-state index contributed by atoms with van der Waals surface area (Å²) in [7, 11) is -6.77. The Morgan fingerprint density at radius 1 is 1.25 bits per heavy atom.